The van der Waals surface area contributed by atoms with E-state index >= 15 is 0 Å². The molecule has 2 aliphatic heterocycles. The highest BCUT2D eigenvalue weighted by atomic mass is 32.2. The third-order valence-corrected chi connectivity index (χ3v) is 7.80. The zero-order valence-electron chi connectivity index (χ0n) is 13.1. The molecule has 2 heterocycles. The Morgan fingerprint density at radius 2 is 1.83 bits per heavy atom. The first-order valence-corrected chi connectivity index (χ1v) is 10.5. The maximum atomic E-state index is 12.8. The van der Waals surface area contributed by atoms with Crippen molar-refractivity contribution in [2.45, 2.75) is 18.2 Å². The number of hydrogen-bond donors (Lipinski definition) is 0. The normalized spacial score (nSPS) is 22.0. The van der Waals surface area contributed by atoms with Crippen LogP contribution in [0, 0.1) is 6.92 Å². The molecule has 1 amide bonds. The van der Waals surface area contributed by atoms with Gasteiger partial charge in [0.2, 0.25) is 26.0 Å². The van der Waals surface area contributed by atoms with Gasteiger partial charge in [0.05, 0.1) is 29.5 Å². The first-order valence-electron chi connectivity index (χ1n) is 7.48. The van der Waals surface area contributed by atoms with E-state index in [9.17, 15) is 21.6 Å². The van der Waals surface area contributed by atoms with E-state index in [1.54, 1.807) is 6.92 Å². The predicted octanol–water partition coefficient (Wildman–Crippen LogP) is 0.0824. The molecule has 0 aliphatic carbocycles. The Morgan fingerprint density at radius 3 is 2.42 bits per heavy atom. The van der Waals surface area contributed by atoms with E-state index in [0.29, 0.717) is 23.1 Å². The summed E-state index contributed by atoms with van der Waals surface area (Å²) in [6.45, 7) is 2.76. The first-order chi connectivity index (χ1) is 11.2. The molecular weight excluding hydrogens is 356 g/mol. The third-order valence-electron chi connectivity index (χ3n) is 4.07. The van der Waals surface area contributed by atoms with Gasteiger partial charge in [-0.2, -0.15) is 4.31 Å². The second kappa shape index (κ2) is 6.10. The molecule has 1 aromatic carbocycles. The zero-order valence-corrected chi connectivity index (χ0v) is 14.8. The minimum atomic E-state index is -3.78. The first kappa shape index (κ1) is 17.3. The van der Waals surface area contributed by atoms with Crippen LogP contribution in [-0.2, 0) is 29.6 Å². The fourth-order valence-corrected chi connectivity index (χ4v) is 5.89. The maximum absolute atomic E-state index is 12.8. The van der Waals surface area contributed by atoms with E-state index in [2.05, 4.69) is 0 Å². The van der Waals surface area contributed by atoms with Crippen molar-refractivity contribution in [3.63, 3.8) is 0 Å². The van der Waals surface area contributed by atoms with E-state index in [1.807, 2.05) is 0 Å². The van der Waals surface area contributed by atoms with Crippen LogP contribution in [0.2, 0.25) is 0 Å². The SMILES string of the molecule is Cc1ccc(N2C(=O)CCS2(=O)=O)cc1S(=O)(=O)N1CCOCC1. The molecule has 24 heavy (non-hydrogen) atoms. The molecule has 0 N–H and O–H groups in total. The van der Waals surface area contributed by atoms with Crippen LogP contribution in [0.3, 0.4) is 0 Å². The number of hydrogen-bond acceptors (Lipinski definition) is 6. The fourth-order valence-electron chi connectivity index (χ4n) is 2.79. The minimum Gasteiger partial charge on any atom is -0.379 e. The highest BCUT2D eigenvalue weighted by Gasteiger charge is 2.37. The Bertz CT molecular complexity index is 873. The number of sulfonamides is 2. The highest BCUT2D eigenvalue weighted by molar-refractivity contribution is 7.94. The van der Waals surface area contributed by atoms with E-state index in [0.717, 1.165) is 0 Å². The van der Waals surface area contributed by atoms with Crippen LogP contribution in [0.25, 0.3) is 0 Å². The number of morpholine rings is 1. The summed E-state index contributed by atoms with van der Waals surface area (Å²) in [5.74, 6) is -0.806. The summed E-state index contributed by atoms with van der Waals surface area (Å²) in [6.07, 6.45) is -0.0955. The second-order valence-electron chi connectivity index (χ2n) is 5.69. The van der Waals surface area contributed by atoms with Gasteiger partial charge in [-0.05, 0) is 24.6 Å². The van der Waals surface area contributed by atoms with Gasteiger partial charge in [-0.15, -0.1) is 0 Å². The predicted molar refractivity (Wildman–Crippen MR) is 86.6 cm³/mol. The minimum absolute atomic E-state index is 0.0109. The molecule has 0 spiro atoms. The molecule has 0 aromatic heterocycles. The molecular formula is C14H18N2O6S2. The number of amides is 1. The maximum Gasteiger partial charge on any atom is 0.243 e. The van der Waals surface area contributed by atoms with Crippen LogP contribution in [0.1, 0.15) is 12.0 Å². The topological polar surface area (TPSA) is 101 Å². The van der Waals surface area contributed by atoms with Crippen molar-refractivity contribution < 1.29 is 26.4 Å². The summed E-state index contributed by atoms with van der Waals surface area (Å²) in [5, 5.41) is 0. The Hall–Kier alpha value is -1.49. The third kappa shape index (κ3) is 2.94. The van der Waals surface area contributed by atoms with Crippen molar-refractivity contribution in [2.24, 2.45) is 0 Å². The van der Waals surface area contributed by atoms with Crippen LogP contribution in [0.5, 0.6) is 0 Å². The van der Waals surface area contributed by atoms with Gasteiger partial charge in [-0.1, -0.05) is 6.07 Å². The van der Waals surface area contributed by atoms with Crippen molar-refractivity contribution in [2.75, 3.05) is 36.4 Å². The van der Waals surface area contributed by atoms with Gasteiger partial charge in [0, 0.05) is 19.5 Å². The summed E-state index contributed by atoms with van der Waals surface area (Å²) in [7, 11) is -7.51. The molecule has 132 valence electrons. The van der Waals surface area contributed by atoms with Crippen molar-refractivity contribution in [1.29, 1.82) is 0 Å². The molecule has 0 radical (unpaired) electrons. The largest absolute Gasteiger partial charge is 0.379 e. The van der Waals surface area contributed by atoms with E-state index in [-0.39, 0.29) is 35.8 Å². The number of rotatable bonds is 3. The van der Waals surface area contributed by atoms with Crippen LogP contribution in [0.15, 0.2) is 23.1 Å². The van der Waals surface area contributed by atoms with E-state index in [1.165, 1.54) is 22.5 Å². The van der Waals surface area contributed by atoms with Crippen molar-refractivity contribution >= 4 is 31.6 Å². The molecule has 0 bridgehead atoms. The van der Waals surface area contributed by atoms with Gasteiger partial charge in [0.25, 0.3) is 0 Å². The lowest BCUT2D eigenvalue weighted by Crippen LogP contribution is -2.41. The fraction of sp³-hybridized carbons (Fsp3) is 0.500. The molecule has 2 aliphatic rings. The Morgan fingerprint density at radius 1 is 1.17 bits per heavy atom. The van der Waals surface area contributed by atoms with Gasteiger partial charge in [0.1, 0.15) is 0 Å². The average Bonchev–Trinajstić information content (AvgIpc) is 2.82. The lowest BCUT2D eigenvalue weighted by molar-refractivity contribution is -0.116. The Balaban J connectivity index is 2.05. The van der Waals surface area contributed by atoms with Crippen molar-refractivity contribution in [1.82, 2.24) is 4.31 Å². The number of carbonyl (C=O) groups excluding carboxylic acids is 1. The molecule has 3 rings (SSSR count). The molecule has 1 aromatic rings. The smallest absolute Gasteiger partial charge is 0.243 e. The van der Waals surface area contributed by atoms with Gasteiger partial charge < -0.3 is 4.74 Å². The summed E-state index contributed by atoms with van der Waals surface area (Å²) in [4.78, 5) is 11.9. The molecule has 8 nitrogen and oxygen atoms in total. The van der Waals surface area contributed by atoms with Crippen LogP contribution in [-0.4, -0.2) is 59.1 Å². The lowest BCUT2D eigenvalue weighted by atomic mass is 10.2. The molecule has 0 atom stereocenters. The summed E-state index contributed by atoms with van der Waals surface area (Å²) in [6, 6.07) is 4.24. The van der Waals surface area contributed by atoms with Crippen LogP contribution < -0.4 is 4.31 Å². The summed E-state index contributed by atoms with van der Waals surface area (Å²) in [5.41, 5.74) is 0.559. The van der Waals surface area contributed by atoms with Gasteiger partial charge >= 0.3 is 0 Å². The Labute approximate surface area is 141 Å². The number of nitrogens with zero attached hydrogens (tertiary/aromatic N) is 2. The van der Waals surface area contributed by atoms with E-state index < -0.39 is 26.0 Å². The second-order valence-corrected chi connectivity index (χ2v) is 9.53. The summed E-state index contributed by atoms with van der Waals surface area (Å²) < 4.78 is 56.9. The number of ether oxygens (including phenoxy) is 1. The van der Waals surface area contributed by atoms with Crippen LogP contribution >= 0.6 is 0 Å². The van der Waals surface area contributed by atoms with Crippen molar-refractivity contribution in [3.8, 4) is 0 Å². The quantitative estimate of drug-likeness (QED) is 0.743. The number of carbonyl (C=O) groups is 1. The van der Waals surface area contributed by atoms with Crippen molar-refractivity contribution in [3.05, 3.63) is 23.8 Å². The zero-order chi connectivity index (χ0) is 17.5. The molecule has 0 saturated carbocycles. The number of benzene rings is 1. The molecule has 10 heteroatoms. The van der Waals surface area contributed by atoms with Gasteiger partial charge in [0.15, 0.2) is 0 Å². The monoisotopic (exact) mass is 374 g/mol. The standard InChI is InChI=1S/C14H18N2O6S2/c1-11-2-3-12(16-14(17)4-9-23(16,18)19)10-13(11)24(20,21)15-5-7-22-8-6-15/h2-3,10H,4-9H2,1H3. The van der Waals surface area contributed by atoms with Gasteiger partial charge in [-0.3, -0.25) is 4.79 Å². The molecule has 0 unspecified atom stereocenters. The average molecular weight is 374 g/mol. The Kier molecular flexibility index (Phi) is 4.41. The molecule has 2 fully saturated rings. The van der Waals surface area contributed by atoms with Crippen LogP contribution in [0.4, 0.5) is 5.69 Å². The molecule has 2 saturated heterocycles. The number of aryl methyl sites for hydroxylation is 1. The number of anilines is 1. The lowest BCUT2D eigenvalue weighted by Gasteiger charge is -2.27. The van der Waals surface area contributed by atoms with Gasteiger partial charge in [-0.25, -0.2) is 21.1 Å². The van der Waals surface area contributed by atoms with E-state index in [4.69, 9.17) is 4.74 Å². The summed E-state index contributed by atoms with van der Waals surface area (Å²) >= 11 is 0. The highest BCUT2D eigenvalue weighted by Crippen LogP contribution is 2.30.